The molecule has 1 atom stereocenters. The minimum absolute atomic E-state index is 0.0650. The Morgan fingerprint density at radius 3 is 2.38 bits per heavy atom. The monoisotopic (exact) mass is 508 g/mol. The molecule has 0 saturated carbocycles. The molecule has 0 saturated heterocycles. The topological polar surface area (TPSA) is 109 Å². The van der Waals surface area contributed by atoms with Gasteiger partial charge in [0, 0.05) is 28.4 Å². The number of nitro benzene ring substituents is 1. The van der Waals surface area contributed by atoms with Crippen molar-refractivity contribution in [1.29, 1.82) is 5.26 Å². The molecule has 1 aromatic heterocycles. The number of nitro groups is 1. The molecule has 0 aliphatic heterocycles. The van der Waals surface area contributed by atoms with Gasteiger partial charge < -0.3 is 5.32 Å². The van der Waals surface area contributed by atoms with Gasteiger partial charge in [-0.15, -0.1) is 0 Å². The van der Waals surface area contributed by atoms with Crippen molar-refractivity contribution in [1.82, 2.24) is 4.98 Å². The van der Waals surface area contributed by atoms with Gasteiger partial charge in [-0.25, -0.2) is 4.98 Å². The van der Waals surface area contributed by atoms with Crippen LogP contribution >= 0.6 is 11.8 Å². The smallest absolute Gasteiger partial charge is 0.274 e. The third-order valence-electron chi connectivity index (χ3n) is 5.86. The van der Waals surface area contributed by atoms with Crippen LogP contribution in [0, 0.1) is 35.3 Å². The second-order valence-electron chi connectivity index (χ2n) is 8.59. The fraction of sp³-hybridized carbons (Fsp3) is 0.138. The molecule has 4 rings (SSSR count). The van der Waals surface area contributed by atoms with Crippen LogP contribution in [0.2, 0.25) is 0 Å². The van der Waals surface area contributed by atoms with Crippen molar-refractivity contribution in [2.75, 3.05) is 5.32 Å². The number of benzene rings is 3. The van der Waals surface area contributed by atoms with E-state index in [-0.39, 0.29) is 11.6 Å². The Hall–Kier alpha value is -4.48. The zero-order chi connectivity index (χ0) is 26.5. The standard InChI is InChI=1S/C29H24N4O3S/c1-18-9-12-21(13-10-18)24-16-26(22-7-5-4-6-8-22)32-29(25(24)17-30)37-20(3)28(34)31-23-14-11-19(2)27(15-23)33(35)36/h4-16,20H,1-3H3,(H,31,34). The van der Waals surface area contributed by atoms with E-state index in [4.69, 9.17) is 4.98 Å². The van der Waals surface area contributed by atoms with Crippen LogP contribution < -0.4 is 5.32 Å². The molecule has 8 heteroatoms. The molecule has 184 valence electrons. The summed E-state index contributed by atoms with van der Waals surface area (Å²) >= 11 is 1.18. The summed E-state index contributed by atoms with van der Waals surface area (Å²) in [5, 5.41) is 23.9. The number of nitrogens with zero attached hydrogens (tertiary/aromatic N) is 3. The third kappa shape index (κ3) is 5.85. The van der Waals surface area contributed by atoms with E-state index >= 15 is 0 Å². The van der Waals surface area contributed by atoms with E-state index in [1.807, 2.05) is 67.6 Å². The molecule has 0 radical (unpaired) electrons. The average Bonchev–Trinajstić information content (AvgIpc) is 2.90. The van der Waals surface area contributed by atoms with E-state index < -0.39 is 10.2 Å². The van der Waals surface area contributed by atoms with Gasteiger partial charge in [-0.2, -0.15) is 5.26 Å². The number of carbonyl (C=O) groups is 1. The summed E-state index contributed by atoms with van der Waals surface area (Å²) in [5.74, 6) is -0.351. The largest absolute Gasteiger partial charge is 0.325 e. The summed E-state index contributed by atoms with van der Waals surface area (Å²) in [6.07, 6.45) is 0. The van der Waals surface area contributed by atoms with Crippen LogP contribution in [-0.4, -0.2) is 21.1 Å². The number of aromatic nitrogens is 1. The van der Waals surface area contributed by atoms with E-state index in [0.29, 0.717) is 27.5 Å². The van der Waals surface area contributed by atoms with Crippen LogP contribution in [0.15, 0.2) is 83.9 Å². The molecule has 0 bridgehead atoms. The number of nitriles is 1. The molecular formula is C29H24N4O3S. The average molecular weight is 509 g/mol. The number of aryl methyl sites for hydroxylation is 2. The maximum Gasteiger partial charge on any atom is 0.274 e. The molecule has 3 aromatic carbocycles. The lowest BCUT2D eigenvalue weighted by molar-refractivity contribution is -0.385. The van der Waals surface area contributed by atoms with Gasteiger partial charge >= 0.3 is 0 Å². The van der Waals surface area contributed by atoms with Gasteiger partial charge in [0.25, 0.3) is 5.69 Å². The molecular weight excluding hydrogens is 484 g/mol. The second kappa shape index (κ2) is 11.1. The first-order chi connectivity index (χ1) is 17.8. The second-order valence-corrected chi connectivity index (χ2v) is 9.92. The number of anilines is 1. The van der Waals surface area contributed by atoms with Crippen molar-refractivity contribution in [2.24, 2.45) is 0 Å². The van der Waals surface area contributed by atoms with Crippen LogP contribution in [0.5, 0.6) is 0 Å². The third-order valence-corrected chi connectivity index (χ3v) is 6.95. The molecule has 0 spiro atoms. The van der Waals surface area contributed by atoms with Gasteiger partial charge in [-0.3, -0.25) is 14.9 Å². The number of thioether (sulfide) groups is 1. The van der Waals surface area contributed by atoms with Gasteiger partial charge in [-0.05, 0) is 38.5 Å². The quantitative estimate of drug-likeness (QED) is 0.165. The lowest BCUT2D eigenvalue weighted by Crippen LogP contribution is -2.22. The summed E-state index contributed by atoms with van der Waals surface area (Å²) in [6, 6.07) is 26.3. The number of hydrogen-bond donors (Lipinski definition) is 1. The molecule has 37 heavy (non-hydrogen) atoms. The van der Waals surface area contributed by atoms with E-state index in [0.717, 1.165) is 22.3 Å². The van der Waals surface area contributed by atoms with Crippen molar-refractivity contribution in [3.63, 3.8) is 0 Å². The first-order valence-electron chi connectivity index (χ1n) is 11.6. The molecule has 7 nitrogen and oxygen atoms in total. The number of hydrogen-bond acceptors (Lipinski definition) is 6. The Balaban J connectivity index is 1.70. The predicted molar refractivity (Wildman–Crippen MR) is 146 cm³/mol. The Bertz CT molecular complexity index is 1510. The Labute approximate surface area is 219 Å². The van der Waals surface area contributed by atoms with Crippen LogP contribution in [0.4, 0.5) is 11.4 Å². The predicted octanol–water partition coefficient (Wildman–Crippen LogP) is 6.93. The van der Waals surface area contributed by atoms with Gasteiger partial charge in [-0.1, -0.05) is 78.0 Å². The molecule has 1 amide bonds. The first kappa shape index (κ1) is 25.6. The zero-order valence-corrected chi connectivity index (χ0v) is 21.4. The number of carbonyl (C=O) groups excluding carboxylic acids is 1. The van der Waals surface area contributed by atoms with Crippen molar-refractivity contribution in [2.45, 2.75) is 31.0 Å². The highest BCUT2D eigenvalue weighted by Crippen LogP contribution is 2.36. The maximum atomic E-state index is 13.0. The minimum atomic E-state index is -0.628. The highest BCUT2D eigenvalue weighted by molar-refractivity contribution is 8.00. The Morgan fingerprint density at radius 2 is 1.73 bits per heavy atom. The van der Waals surface area contributed by atoms with Gasteiger partial charge in [0.05, 0.1) is 21.4 Å². The van der Waals surface area contributed by atoms with Crippen LogP contribution in [-0.2, 0) is 4.79 Å². The first-order valence-corrected chi connectivity index (χ1v) is 12.4. The molecule has 0 aliphatic rings. The van der Waals surface area contributed by atoms with E-state index in [1.54, 1.807) is 26.0 Å². The zero-order valence-electron chi connectivity index (χ0n) is 20.6. The van der Waals surface area contributed by atoms with Crippen molar-refractivity contribution < 1.29 is 9.72 Å². The summed E-state index contributed by atoms with van der Waals surface area (Å²) in [6.45, 7) is 5.36. The van der Waals surface area contributed by atoms with Crippen molar-refractivity contribution in [3.05, 3.63) is 106 Å². The van der Waals surface area contributed by atoms with E-state index in [1.165, 1.54) is 17.8 Å². The molecule has 4 aromatic rings. The number of pyridine rings is 1. The highest BCUT2D eigenvalue weighted by Gasteiger charge is 2.22. The number of amides is 1. The van der Waals surface area contributed by atoms with Gasteiger partial charge in [0.2, 0.25) is 5.91 Å². The van der Waals surface area contributed by atoms with Gasteiger partial charge in [0.15, 0.2) is 0 Å². The fourth-order valence-electron chi connectivity index (χ4n) is 3.78. The van der Waals surface area contributed by atoms with Crippen LogP contribution in [0.3, 0.4) is 0 Å². The number of nitrogens with one attached hydrogen (secondary N) is 1. The Kier molecular flexibility index (Phi) is 7.66. The molecule has 0 fully saturated rings. The minimum Gasteiger partial charge on any atom is -0.325 e. The molecule has 1 N–H and O–H groups in total. The number of rotatable bonds is 7. The summed E-state index contributed by atoms with van der Waals surface area (Å²) in [7, 11) is 0. The highest BCUT2D eigenvalue weighted by atomic mass is 32.2. The Morgan fingerprint density at radius 1 is 1.03 bits per heavy atom. The maximum absolute atomic E-state index is 13.0. The van der Waals surface area contributed by atoms with E-state index in [2.05, 4.69) is 11.4 Å². The molecule has 0 aliphatic carbocycles. The molecule has 1 unspecified atom stereocenters. The van der Waals surface area contributed by atoms with Crippen molar-refractivity contribution in [3.8, 4) is 28.5 Å². The lowest BCUT2D eigenvalue weighted by Gasteiger charge is -2.16. The van der Waals surface area contributed by atoms with Crippen LogP contribution in [0.25, 0.3) is 22.4 Å². The van der Waals surface area contributed by atoms with Crippen molar-refractivity contribution >= 4 is 29.0 Å². The summed E-state index contributed by atoms with van der Waals surface area (Å²) in [5.41, 5.74) is 5.48. The van der Waals surface area contributed by atoms with E-state index in [9.17, 15) is 20.2 Å². The normalized spacial score (nSPS) is 11.4. The molecule has 1 heterocycles. The lowest BCUT2D eigenvalue weighted by atomic mass is 9.98. The SMILES string of the molecule is Cc1ccc(-c2cc(-c3ccccc3)nc(SC(C)C(=O)Nc3ccc(C)c([N+](=O)[O-])c3)c2C#N)cc1. The van der Waals surface area contributed by atoms with Crippen LogP contribution in [0.1, 0.15) is 23.6 Å². The summed E-state index contributed by atoms with van der Waals surface area (Å²) < 4.78 is 0. The van der Waals surface area contributed by atoms with Gasteiger partial charge in [0.1, 0.15) is 11.1 Å². The summed E-state index contributed by atoms with van der Waals surface area (Å²) in [4.78, 5) is 28.6. The fourth-order valence-corrected chi connectivity index (χ4v) is 4.71.